The van der Waals surface area contributed by atoms with Crippen LogP contribution >= 0.6 is 0 Å². The Kier molecular flexibility index (Phi) is 6.65. The van der Waals surface area contributed by atoms with Crippen LogP contribution < -0.4 is 15.5 Å². The molecule has 0 bridgehead atoms. The number of hydrogen-bond acceptors (Lipinski definition) is 6. The van der Waals surface area contributed by atoms with Gasteiger partial charge in [0.05, 0.1) is 10.9 Å². The molecule has 0 spiro atoms. The number of alkyl halides is 2. The van der Waals surface area contributed by atoms with Gasteiger partial charge >= 0.3 is 6.61 Å². The van der Waals surface area contributed by atoms with E-state index in [1.807, 2.05) is 12.1 Å². The average Bonchev–Trinajstić information content (AvgIpc) is 2.88. The fourth-order valence-corrected chi connectivity index (χ4v) is 4.68. The first-order valence-corrected chi connectivity index (χ1v) is 11.8. The van der Waals surface area contributed by atoms with Gasteiger partial charge in [-0.3, -0.25) is 19.5 Å². The van der Waals surface area contributed by atoms with Crippen LogP contribution in [0.3, 0.4) is 0 Å². The van der Waals surface area contributed by atoms with Gasteiger partial charge in [0.15, 0.2) is 11.2 Å². The lowest BCUT2D eigenvalue weighted by molar-refractivity contribution is -0.0497. The van der Waals surface area contributed by atoms with Gasteiger partial charge in [0.2, 0.25) is 0 Å². The van der Waals surface area contributed by atoms with Gasteiger partial charge in [0, 0.05) is 48.9 Å². The van der Waals surface area contributed by atoms with Gasteiger partial charge in [-0.1, -0.05) is 12.1 Å². The highest BCUT2D eigenvalue weighted by molar-refractivity contribution is 5.93. The van der Waals surface area contributed by atoms with Crippen LogP contribution in [0.15, 0.2) is 70.0 Å². The smallest absolute Gasteiger partial charge is 0.387 e. The summed E-state index contributed by atoms with van der Waals surface area (Å²) in [6.45, 7) is 0.763. The van der Waals surface area contributed by atoms with Gasteiger partial charge in [-0.15, -0.1) is 0 Å². The molecule has 0 radical (unpaired) electrons. The van der Waals surface area contributed by atoms with Crippen molar-refractivity contribution in [2.45, 2.75) is 38.5 Å². The van der Waals surface area contributed by atoms with Crippen LogP contribution in [-0.4, -0.2) is 41.5 Å². The molecule has 36 heavy (non-hydrogen) atoms. The molecular weight excluding hydrogens is 468 g/mol. The van der Waals surface area contributed by atoms with E-state index in [0.717, 1.165) is 42.9 Å². The van der Waals surface area contributed by atoms with E-state index >= 15 is 0 Å². The molecule has 5 rings (SSSR count). The Morgan fingerprint density at radius 2 is 1.94 bits per heavy atom. The quantitative estimate of drug-likeness (QED) is 0.411. The summed E-state index contributed by atoms with van der Waals surface area (Å²) in [4.78, 5) is 32.0. The SMILES string of the molecule is CC(c1ccc2ncccc2c1)N1CCC(NC(=O)c2cc(=O)c3ccc(OC(F)F)cc3o2)CC1. The summed E-state index contributed by atoms with van der Waals surface area (Å²) in [7, 11) is 0. The topological polar surface area (TPSA) is 84.7 Å². The van der Waals surface area contributed by atoms with Gasteiger partial charge in [-0.05, 0) is 55.7 Å². The van der Waals surface area contributed by atoms with Crippen molar-refractivity contribution < 1.29 is 22.7 Å². The van der Waals surface area contributed by atoms with Crippen LogP contribution in [0.1, 0.15) is 41.9 Å². The Bertz CT molecular complexity index is 1460. The van der Waals surface area contributed by atoms with Crippen molar-refractivity contribution in [1.82, 2.24) is 15.2 Å². The summed E-state index contributed by atoms with van der Waals surface area (Å²) in [5, 5.41) is 4.23. The molecule has 4 aromatic rings. The monoisotopic (exact) mass is 493 g/mol. The molecular formula is C27H25F2N3O4. The first-order valence-electron chi connectivity index (χ1n) is 11.8. The number of aromatic nitrogens is 1. The molecule has 186 valence electrons. The lowest BCUT2D eigenvalue weighted by atomic mass is 9.99. The second-order valence-electron chi connectivity index (χ2n) is 8.93. The fraction of sp³-hybridized carbons (Fsp3) is 0.296. The van der Waals surface area contributed by atoms with Crippen LogP contribution in [0.5, 0.6) is 5.75 Å². The van der Waals surface area contributed by atoms with Gasteiger partial charge < -0.3 is 14.5 Å². The number of nitrogens with one attached hydrogen (secondary N) is 1. The number of halogens is 2. The Morgan fingerprint density at radius 3 is 2.72 bits per heavy atom. The third-order valence-corrected chi connectivity index (χ3v) is 6.67. The van der Waals surface area contributed by atoms with Crippen molar-refractivity contribution in [3.8, 4) is 5.75 Å². The Balaban J connectivity index is 1.23. The minimum absolute atomic E-state index is 0.0139. The normalized spacial score (nSPS) is 15.9. The lowest BCUT2D eigenvalue weighted by Crippen LogP contribution is -2.45. The number of carbonyl (C=O) groups excluding carboxylic acids is 1. The van der Waals surface area contributed by atoms with E-state index in [-0.39, 0.29) is 34.6 Å². The van der Waals surface area contributed by atoms with Gasteiger partial charge in [-0.25, -0.2) is 0 Å². The van der Waals surface area contributed by atoms with E-state index in [1.54, 1.807) is 6.20 Å². The van der Waals surface area contributed by atoms with Crippen LogP contribution in [0.25, 0.3) is 21.9 Å². The first kappa shape index (κ1) is 23.9. The molecule has 3 heterocycles. The number of benzene rings is 2. The molecule has 1 atom stereocenters. The number of pyridine rings is 1. The molecule has 1 amide bonds. The molecule has 1 fully saturated rings. The van der Waals surface area contributed by atoms with Crippen molar-refractivity contribution in [3.63, 3.8) is 0 Å². The largest absolute Gasteiger partial charge is 0.451 e. The summed E-state index contributed by atoms with van der Waals surface area (Å²) in [5.41, 5.74) is 1.76. The molecule has 7 nitrogen and oxygen atoms in total. The maximum absolute atomic E-state index is 12.8. The van der Waals surface area contributed by atoms with E-state index in [2.05, 4.69) is 45.1 Å². The summed E-state index contributed by atoms with van der Waals surface area (Å²) < 4.78 is 35.0. The Hall–Kier alpha value is -3.85. The van der Waals surface area contributed by atoms with Crippen LogP contribution in [0.4, 0.5) is 8.78 Å². The Morgan fingerprint density at radius 1 is 1.14 bits per heavy atom. The number of carbonyl (C=O) groups is 1. The summed E-state index contributed by atoms with van der Waals surface area (Å²) in [6.07, 6.45) is 3.28. The molecule has 1 aliphatic heterocycles. The number of ether oxygens (including phenoxy) is 1. The molecule has 1 N–H and O–H groups in total. The number of rotatable bonds is 6. The van der Waals surface area contributed by atoms with Crippen LogP contribution in [0.2, 0.25) is 0 Å². The van der Waals surface area contributed by atoms with E-state index < -0.39 is 17.9 Å². The third-order valence-electron chi connectivity index (χ3n) is 6.67. The number of likely N-dealkylation sites (tertiary alicyclic amines) is 1. The molecule has 1 aliphatic rings. The maximum Gasteiger partial charge on any atom is 0.387 e. The summed E-state index contributed by atoms with van der Waals surface area (Å²) in [5.74, 6) is -0.827. The van der Waals surface area contributed by atoms with Crippen molar-refractivity contribution in [3.05, 3.63) is 82.3 Å². The van der Waals surface area contributed by atoms with Gasteiger partial charge in [0.1, 0.15) is 11.3 Å². The van der Waals surface area contributed by atoms with Crippen molar-refractivity contribution >= 4 is 27.8 Å². The van der Waals surface area contributed by atoms with E-state index in [4.69, 9.17) is 4.42 Å². The van der Waals surface area contributed by atoms with E-state index in [9.17, 15) is 18.4 Å². The van der Waals surface area contributed by atoms with Crippen molar-refractivity contribution in [2.75, 3.05) is 13.1 Å². The zero-order valence-electron chi connectivity index (χ0n) is 19.6. The zero-order valence-corrected chi connectivity index (χ0v) is 19.6. The number of fused-ring (bicyclic) bond motifs is 2. The van der Waals surface area contributed by atoms with Gasteiger partial charge in [-0.2, -0.15) is 8.78 Å². The number of nitrogens with zero attached hydrogens (tertiary/aromatic N) is 2. The predicted molar refractivity (Wildman–Crippen MR) is 131 cm³/mol. The molecule has 9 heteroatoms. The number of hydrogen-bond donors (Lipinski definition) is 1. The second-order valence-corrected chi connectivity index (χ2v) is 8.93. The molecule has 1 saturated heterocycles. The standard InChI is InChI=1S/C27H25F2N3O4/c1-16(17-4-7-22-18(13-17)3-2-10-30-22)32-11-8-19(9-12-32)31-26(34)25-15-23(33)21-6-5-20(35-27(28)29)14-24(21)36-25/h2-7,10,13-16,19,27H,8-9,11-12H2,1H3,(H,31,34). The maximum atomic E-state index is 12.8. The lowest BCUT2D eigenvalue weighted by Gasteiger charge is -2.36. The molecule has 0 aliphatic carbocycles. The molecule has 0 saturated carbocycles. The highest BCUT2D eigenvalue weighted by atomic mass is 19.3. The van der Waals surface area contributed by atoms with Crippen LogP contribution in [0, 0.1) is 0 Å². The van der Waals surface area contributed by atoms with Gasteiger partial charge in [0.25, 0.3) is 5.91 Å². The van der Waals surface area contributed by atoms with Crippen molar-refractivity contribution in [2.24, 2.45) is 0 Å². The molecule has 1 unspecified atom stereocenters. The van der Waals surface area contributed by atoms with Crippen molar-refractivity contribution in [1.29, 1.82) is 0 Å². The zero-order chi connectivity index (χ0) is 25.2. The highest BCUT2D eigenvalue weighted by Crippen LogP contribution is 2.27. The number of amides is 1. The summed E-state index contributed by atoms with van der Waals surface area (Å²) >= 11 is 0. The van der Waals surface area contributed by atoms with Crippen LogP contribution in [-0.2, 0) is 0 Å². The second kappa shape index (κ2) is 10.0. The predicted octanol–water partition coefficient (Wildman–Crippen LogP) is 4.90. The number of piperidine rings is 1. The third kappa shape index (κ3) is 5.06. The minimum Gasteiger partial charge on any atom is -0.451 e. The van der Waals surface area contributed by atoms with E-state index in [1.165, 1.54) is 23.8 Å². The molecule has 2 aromatic heterocycles. The average molecular weight is 494 g/mol. The summed E-state index contributed by atoms with van der Waals surface area (Å²) in [6, 6.07) is 15.3. The highest BCUT2D eigenvalue weighted by Gasteiger charge is 2.26. The minimum atomic E-state index is -3.01. The Labute approximate surface area is 205 Å². The molecule has 2 aromatic carbocycles. The van der Waals surface area contributed by atoms with E-state index in [0.29, 0.717) is 0 Å². The fourth-order valence-electron chi connectivity index (χ4n) is 4.68. The first-order chi connectivity index (χ1) is 17.4.